The molecule has 0 fully saturated rings. The Hall–Kier alpha value is -2.25. The molecule has 0 radical (unpaired) electrons. The van der Waals surface area contributed by atoms with Crippen LogP contribution in [0, 0.1) is 0 Å². The minimum atomic E-state index is -0.225. The van der Waals surface area contributed by atoms with Gasteiger partial charge in [-0.1, -0.05) is 12.1 Å². The van der Waals surface area contributed by atoms with Gasteiger partial charge in [0.1, 0.15) is 0 Å². The Balaban J connectivity index is 1.75. The largest absolute Gasteiger partial charge is 0.481 e. The number of hydrogen-bond acceptors (Lipinski definition) is 5. The Labute approximate surface area is 170 Å². The highest BCUT2D eigenvalue weighted by Gasteiger charge is 2.20. The number of pyridine rings is 1. The van der Waals surface area contributed by atoms with E-state index in [1.165, 1.54) is 23.1 Å². The second-order valence-corrected chi connectivity index (χ2v) is 7.79. The fourth-order valence-electron chi connectivity index (χ4n) is 3.32. The maximum absolute atomic E-state index is 12.5. The van der Waals surface area contributed by atoms with Gasteiger partial charge in [0.2, 0.25) is 5.88 Å². The number of anilines is 1. The van der Waals surface area contributed by atoms with Crippen LogP contribution in [0.2, 0.25) is 0 Å². The van der Waals surface area contributed by atoms with Gasteiger partial charge in [-0.3, -0.25) is 4.72 Å². The van der Waals surface area contributed by atoms with Gasteiger partial charge in [0.15, 0.2) is 0 Å². The van der Waals surface area contributed by atoms with Gasteiger partial charge >= 0.3 is 6.03 Å². The number of benzene rings is 1. The van der Waals surface area contributed by atoms with Crippen molar-refractivity contribution >= 4 is 23.7 Å². The van der Waals surface area contributed by atoms with E-state index in [4.69, 9.17) is 9.47 Å². The van der Waals surface area contributed by atoms with E-state index in [0.29, 0.717) is 18.2 Å². The van der Waals surface area contributed by atoms with Gasteiger partial charge in [0.25, 0.3) is 0 Å². The number of rotatable bonds is 8. The smallest absolute Gasteiger partial charge is 0.329 e. The minimum Gasteiger partial charge on any atom is -0.481 e. The molecule has 6 nitrogen and oxygen atoms in total. The summed E-state index contributed by atoms with van der Waals surface area (Å²) in [4.78, 5) is 16.7. The molecule has 0 spiro atoms. The monoisotopic (exact) mass is 401 g/mol. The first kappa shape index (κ1) is 20.5. The summed E-state index contributed by atoms with van der Waals surface area (Å²) < 4.78 is 13.6. The number of ether oxygens (including phenoxy) is 2. The molecule has 28 heavy (non-hydrogen) atoms. The number of carbonyl (C=O) groups excluding carboxylic acids is 1. The third-order valence-corrected chi connectivity index (χ3v) is 5.28. The van der Waals surface area contributed by atoms with Crippen molar-refractivity contribution in [2.75, 3.05) is 24.8 Å². The van der Waals surface area contributed by atoms with Gasteiger partial charge in [-0.25, -0.2) is 9.78 Å². The lowest BCUT2D eigenvalue weighted by atomic mass is 9.98. The van der Waals surface area contributed by atoms with Crippen LogP contribution in [0.4, 0.5) is 10.5 Å². The van der Waals surface area contributed by atoms with Crippen molar-refractivity contribution in [1.82, 2.24) is 9.71 Å². The molecule has 0 aliphatic heterocycles. The van der Waals surface area contributed by atoms with E-state index in [1.54, 1.807) is 13.3 Å². The maximum Gasteiger partial charge on any atom is 0.329 e. The van der Waals surface area contributed by atoms with E-state index in [2.05, 4.69) is 27.2 Å². The zero-order chi connectivity index (χ0) is 19.9. The van der Waals surface area contributed by atoms with Crippen molar-refractivity contribution in [2.24, 2.45) is 0 Å². The molecule has 0 unspecified atom stereocenters. The van der Waals surface area contributed by atoms with E-state index in [0.717, 1.165) is 36.1 Å². The first-order valence-electron chi connectivity index (χ1n) is 9.54. The molecule has 1 aromatic carbocycles. The van der Waals surface area contributed by atoms with Gasteiger partial charge in [-0.2, -0.15) is 0 Å². The average molecular weight is 402 g/mol. The van der Waals surface area contributed by atoms with Gasteiger partial charge in [-0.05, 0) is 67.8 Å². The van der Waals surface area contributed by atoms with Crippen molar-refractivity contribution in [3.05, 3.63) is 41.6 Å². The average Bonchev–Trinajstić information content (AvgIpc) is 3.17. The molecule has 0 atom stereocenters. The van der Waals surface area contributed by atoms with Crippen LogP contribution in [0.25, 0.3) is 11.1 Å². The van der Waals surface area contributed by atoms with Crippen LogP contribution in [0.15, 0.2) is 30.5 Å². The molecule has 1 aromatic heterocycles. The number of amides is 2. The second kappa shape index (κ2) is 9.80. The zero-order valence-electron chi connectivity index (χ0n) is 16.6. The first-order valence-corrected chi connectivity index (χ1v) is 10.5. The van der Waals surface area contributed by atoms with Crippen molar-refractivity contribution in [3.8, 4) is 17.0 Å². The molecule has 0 bridgehead atoms. The van der Waals surface area contributed by atoms with E-state index in [1.807, 2.05) is 26.0 Å². The van der Waals surface area contributed by atoms with Crippen molar-refractivity contribution in [3.63, 3.8) is 0 Å². The molecular formula is C21H27N3O3S. The number of carbonyl (C=O) groups is 1. The summed E-state index contributed by atoms with van der Waals surface area (Å²) in [7, 11) is 1.60. The molecule has 2 amide bonds. The number of nitrogens with one attached hydrogen (secondary N) is 2. The fraction of sp³-hybridized carbons (Fsp3) is 0.429. The number of aryl methyl sites for hydroxylation is 1. The highest BCUT2D eigenvalue weighted by atomic mass is 32.2. The third-order valence-electron chi connectivity index (χ3n) is 4.58. The Morgan fingerprint density at radius 1 is 1.29 bits per heavy atom. The summed E-state index contributed by atoms with van der Waals surface area (Å²) in [6.07, 6.45) is 5.04. The van der Waals surface area contributed by atoms with Crippen LogP contribution in [-0.2, 0) is 17.6 Å². The minimum absolute atomic E-state index is 0.196. The van der Waals surface area contributed by atoms with Gasteiger partial charge < -0.3 is 14.8 Å². The summed E-state index contributed by atoms with van der Waals surface area (Å²) in [5.41, 5.74) is 5.34. The Bertz CT molecular complexity index is 827. The number of fused-ring (bicyclic) bond motifs is 1. The first-order chi connectivity index (χ1) is 13.6. The quantitative estimate of drug-likeness (QED) is 0.505. The Morgan fingerprint density at radius 2 is 2.14 bits per heavy atom. The van der Waals surface area contributed by atoms with Crippen LogP contribution >= 0.6 is 11.9 Å². The third kappa shape index (κ3) is 5.17. The summed E-state index contributed by atoms with van der Waals surface area (Å²) in [6.45, 7) is 4.60. The molecule has 1 aliphatic rings. The molecule has 2 N–H and O–H groups in total. The molecular weight excluding hydrogens is 374 g/mol. The molecule has 3 rings (SSSR count). The van der Waals surface area contributed by atoms with Crippen LogP contribution in [-0.4, -0.2) is 36.6 Å². The van der Waals surface area contributed by atoms with Crippen molar-refractivity contribution < 1.29 is 14.3 Å². The van der Waals surface area contributed by atoms with Crippen LogP contribution in [0.1, 0.15) is 31.4 Å². The number of methoxy groups -OCH3 is 1. The number of nitrogens with zero attached hydrogens (tertiary/aromatic N) is 1. The van der Waals surface area contributed by atoms with Crippen molar-refractivity contribution in [2.45, 2.75) is 39.2 Å². The number of hydrogen-bond donors (Lipinski definition) is 2. The second-order valence-electron chi connectivity index (χ2n) is 6.89. The fourth-order valence-corrected chi connectivity index (χ4v) is 3.78. The lowest BCUT2D eigenvalue weighted by Gasteiger charge is -2.17. The topological polar surface area (TPSA) is 72.5 Å². The van der Waals surface area contributed by atoms with E-state index in [-0.39, 0.29) is 12.1 Å². The predicted molar refractivity (Wildman–Crippen MR) is 114 cm³/mol. The van der Waals surface area contributed by atoms with E-state index < -0.39 is 0 Å². The summed E-state index contributed by atoms with van der Waals surface area (Å²) in [5.74, 6) is 1.25. The van der Waals surface area contributed by atoms with Crippen LogP contribution < -0.4 is 14.8 Å². The highest BCUT2D eigenvalue weighted by molar-refractivity contribution is 7.97. The van der Waals surface area contributed by atoms with Crippen LogP contribution in [0.5, 0.6) is 5.88 Å². The Morgan fingerprint density at radius 3 is 2.93 bits per heavy atom. The van der Waals surface area contributed by atoms with E-state index >= 15 is 0 Å². The SMILES string of the molecule is COc1cc(-c2ccc3c(c2NC(=O)NSCCOC(C)C)CCC3)ccn1. The number of urea groups is 1. The summed E-state index contributed by atoms with van der Waals surface area (Å²) >= 11 is 1.35. The lowest BCUT2D eigenvalue weighted by Crippen LogP contribution is -2.25. The highest BCUT2D eigenvalue weighted by Crippen LogP contribution is 2.38. The molecule has 1 heterocycles. The molecule has 150 valence electrons. The van der Waals surface area contributed by atoms with E-state index in [9.17, 15) is 4.79 Å². The molecule has 0 saturated carbocycles. The van der Waals surface area contributed by atoms with Gasteiger partial charge in [0.05, 0.1) is 25.5 Å². The molecule has 7 heteroatoms. The normalized spacial score (nSPS) is 12.7. The maximum atomic E-state index is 12.5. The molecule has 2 aromatic rings. The van der Waals surface area contributed by atoms with Gasteiger partial charge in [0, 0.05) is 23.6 Å². The molecule has 1 aliphatic carbocycles. The standard InChI is InChI=1S/C21H27N3O3S/c1-14(2)27-11-12-28-24-21(25)23-20-17-6-4-5-15(17)7-8-18(20)16-9-10-22-19(13-16)26-3/h7-10,13-14H,4-6,11-12H2,1-3H3,(H2,23,24,25). The summed E-state index contributed by atoms with van der Waals surface area (Å²) in [6, 6.07) is 7.82. The zero-order valence-corrected chi connectivity index (χ0v) is 17.4. The Kier molecular flexibility index (Phi) is 7.17. The van der Waals surface area contributed by atoms with Gasteiger partial charge in [-0.15, -0.1) is 0 Å². The summed E-state index contributed by atoms with van der Waals surface area (Å²) in [5, 5.41) is 3.07. The predicted octanol–water partition coefficient (Wildman–Crippen LogP) is 4.44. The van der Waals surface area contributed by atoms with Crippen molar-refractivity contribution in [1.29, 1.82) is 0 Å². The van der Waals surface area contributed by atoms with Crippen LogP contribution in [0.3, 0.4) is 0 Å². The molecule has 0 saturated heterocycles. The lowest BCUT2D eigenvalue weighted by molar-refractivity contribution is 0.0920. The number of aromatic nitrogens is 1.